The Morgan fingerprint density at radius 3 is 2.44 bits per heavy atom. The molecule has 0 atom stereocenters. The largest absolute Gasteiger partial charge is 0.337 e. The van der Waals surface area contributed by atoms with E-state index in [-0.39, 0.29) is 0 Å². The van der Waals surface area contributed by atoms with Crippen molar-refractivity contribution in [1.29, 1.82) is 0 Å². The lowest BCUT2D eigenvalue weighted by Crippen LogP contribution is -2.37. The van der Waals surface area contributed by atoms with Crippen LogP contribution in [0.3, 0.4) is 0 Å². The van der Waals surface area contributed by atoms with E-state index in [4.69, 9.17) is 0 Å². The number of hydrogen-bond donors (Lipinski definition) is 0. The predicted molar refractivity (Wildman–Crippen MR) is 67.8 cm³/mol. The number of rotatable bonds is 5. The topological polar surface area (TPSA) is 32.3 Å². The molecule has 0 fully saturated rings. The normalized spacial score (nSPS) is 11.2. The van der Waals surface area contributed by atoms with Gasteiger partial charge in [0.2, 0.25) is 5.95 Å². The molecule has 0 aliphatic carbocycles. The van der Waals surface area contributed by atoms with Crippen molar-refractivity contribution in [3.05, 3.63) is 18.0 Å². The second-order valence-corrected chi connectivity index (χ2v) is 4.59. The molecule has 1 aromatic heterocycles. The molecule has 0 saturated carbocycles. The van der Waals surface area contributed by atoms with E-state index in [0.29, 0.717) is 6.04 Å². The van der Waals surface area contributed by atoms with Crippen molar-refractivity contribution in [1.82, 2.24) is 14.9 Å². The van der Waals surface area contributed by atoms with Gasteiger partial charge in [-0.15, -0.1) is 0 Å². The molecular weight excluding hydrogens is 200 g/mol. The Morgan fingerprint density at radius 1 is 1.25 bits per heavy atom. The van der Waals surface area contributed by atoms with Gasteiger partial charge < -0.3 is 9.80 Å². The highest BCUT2D eigenvalue weighted by Gasteiger charge is 2.13. The molecule has 0 aliphatic rings. The van der Waals surface area contributed by atoms with Gasteiger partial charge in [-0.2, -0.15) is 0 Å². The Bertz CT molecular complexity index is 323. The van der Waals surface area contributed by atoms with Crippen molar-refractivity contribution in [2.75, 3.05) is 32.1 Å². The summed E-state index contributed by atoms with van der Waals surface area (Å²) in [5, 5.41) is 0. The monoisotopic (exact) mass is 222 g/mol. The zero-order chi connectivity index (χ0) is 12.1. The first kappa shape index (κ1) is 12.9. The molecule has 0 bridgehead atoms. The fourth-order valence-electron chi connectivity index (χ4n) is 1.47. The van der Waals surface area contributed by atoms with Crippen LogP contribution in [0.15, 0.2) is 12.3 Å². The van der Waals surface area contributed by atoms with E-state index in [0.717, 1.165) is 24.7 Å². The lowest BCUT2D eigenvalue weighted by molar-refractivity contribution is 0.406. The van der Waals surface area contributed by atoms with Crippen LogP contribution in [0.4, 0.5) is 5.95 Å². The van der Waals surface area contributed by atoms with Crippen molar-refractivity contribution in [2.24, 2.45) is 0 Å². The summed E-state index contributed by atoms with van der Waals surface area (Å²) in [6.45, 7) is 8.29. The van der Waals surface area contributed by atoms with Crippen LogP contribution in [0.5, 0.6) is 0 Å². The van der Waals surface area contributed by atoms with E-state index in [2.05, 4.69) is 47.7 Å². The third-order valence-electron chi connectivity index (χ3n) is 2.45. The van der Waals surface area contributed by atoms with Gasteiger partial charge >= 0.3 is 0 Å². The number of likely N-dealkylation sites (N-methyl/N-ethyl adjacent to an activating group) is 1. The number of anilines is 1. The number of nitrogens with zero attached hydrogens (tertiary/aromatic N) is 4. The first-order valence-corrected chi connectivity index (χ1v) is 5.71. The van der Waals surface area contributed by atoms with Crippen LogP contribution < -0.4 is 4.90 Å². The molecule has 0 aromatic carbocycles. The van der Waals surface area contributed by atoms with Crippen molar-refractivity contribution in [3.8, 4) is 0 Å². The highest BCUT2D eigenvalue weighted by Crippen LogP contribution is 2.10. The minimum atomic E-state index is 0.418. The van der Waals surface area contributed by atoms with Crippen LogP contribution in [0, 0.1) is 6.92 Å². The first-order chi connectivity index (χ1) is 7.50. The first-order valence-electron chi connectivity index (χ1n) is 5.71. The summed E-state index contributed by atoms with van der Waals surface area (Å²) < 4.78 is 0. The molecule has 16 heavy (non-hydrogen) atoms. The Morgan fingerprint density at radius 2 is 1.94 bits per heavy atom. The molecule has 0 amide bonds. The molecule has 1 rings (SSSR count). The summed E-state index contributed by atoms with van der Waals surface area (Å²) in [6.07, 6.45) is 1.82. The number of hydrogen-bond acceptors (Lipinski definition) is 4. The highest BCUT2D eigenvalue weighted by molar-refractivity contribution is 5.31. The molecule has 0 aliphatic heterocycles. The number of aromatic nitrogens is 2. The molecule has 1 heterocycles. The fraction of sp³-hybridized carbons (Fsp3) is 0.667. The van der Waals surface area contributed by atoms with E-state index in [1.807, 2.05) is 19.2 Å². The maximum absolute atomic E-state index is 4.47. The average Bonchev–Trinajstić information content (AvgIpc) is 2.17. The molecule has 4 heteroatoms. The third kappa shape index (κ3) is 3.77. The smallest absolute Gasteiger partial charge is 0.225 e. The standard InChI is InChI=1S/C12H22N4/c1-10(2)16(9-8-15(4)5)12-13-7-6-11(3)14-12/h6-7,10H,8-9H2,1-5H3. The van der Waals surface area contributed by atoms with Gasteiger partial charge in [-0.1, -0.05) is 0 Å². The zero-order valence-corrected chi connectivity index (χ0v) is 10.9. The minimum Gasteiger partial charge on any atom is -0.337 e. The molecule has 90 valence electrons. The Kier molecular flexibility index (Phi) is 4.68. The van der Waals surface area contributed by atoms with Gasteiger partial charge in [-0.25, -0.2) is 9.97 Å². The summed E-state index contributed by atoms with van der Waals surface area (Å²) in [5.74, 6) is 0.830. The van der Waals surface area contributed by atoms with E-state index < -0.39 is 0 Å². The van der Waals surface area contributed by atoms with Crippen LogP contribution in [0.25, 0.3) is 0 Å². The predicted octanol–water partition coefficient (Wildman–Crippen LogP) is 1.56. The number of aryl methyl sites for hydroxylation is 1. The summed E-state index contributed by atoms with van der Waals surface area (Å²) in [4.78, 5) is 13.2. The van der Waals surface area contributed by atoms with Crippen LogP contribution in [-0.4, -0.2) is 48.1 Å². The molecule has 0 radical (unpaired) electrons. The van der Waals surface area contributed by atoms with Gasteiger partial charge in [0.15, 0.2) is 0 Å². The van der Waals surface area contributed by atoms with E-state index in [1.165, 1.54) is 0 Å². The molecule has 4 nitrogen and oxygen atoms in total. The molecule has 0 unspecified atom stereocenters. The maximum atomic E-state index is 4.47. The van der Waals surface area contributed by atoms with E-state index in [9.17, 15) is 0 Å². The Labute approximate surface area is 98.3 Å². The molecular formula is C12H22N4. The van der Waals surface area contributed by atoms with Gasteiger partial charge in [0, 0.05) is 31.0 Å². The summed E-state index contributed by atoms with van der Waals surface area (Å²) in [7, 11) is 4.16. The SMILES string of the molecule is Cc1ccnc(N(CCN(C)C)C(C)C)n1. The average molecular weight is 222 g/mol. The van der Waals surface area contributed by atoms with E-state index in [1.54, 1.807) is 0 Å². The van der Waals surface area contributed by atoms with Crippen molar-refractivity contribution < 1.29 is 0 Å². The van der Waals surface area contributed by atoms with Crippen molar-refractivity contribution in [2.45, 2.75) is 26.8 Å². The fourth-order valence-corrected chi connectivity index (χ4v) is 1.47. The quantitative estimate of drug-likeness (QED) is 0.757. The minimum absolute atomic E-state index is 0.418. The molecule has 0 spiro atoms. The molecule has 1 aromatic rings. The summed E-state index contributed by atoms with van der Waals surface area (Å²) in [6, 6.07) is 2.34. The second-order valence-electron chi connectivity index (χ2n) is 4.59. The summed E-state index contributed by atoms with van der Waals surface area (Å²) >= 11 is 0. The highest BCUT2D eigenvalue weighted by atomic mass is 15.3. The van der Waals surface area contributed by atoms with Crippen LogP contribution in [0.1, 0.15) is 19.5 Å². The second kappa shape index (κ2) is 5.80. The van der Waals surface area contributed by atoms with Gasteiger partial charge in [0.05, 0.1) is 0 Å². The van der Waals surface area contributed by atoms with Crippen LogP contribution >= 0.6 is 0 Å². The Hall–Kier alpha value is -1.16. The van der Waals surface area contributed by atoms with Gasteiger partial charge in [0.25, 0.3) is 0 Å². The van der Waals surface area contributed by atoms with Crippen LogP contribution in [-0.2, 0) is 0 Å². The van der Waals surface area contributed by atoms with Crippen molar-refractivity contribution >= 4 is 5.95 Å². The molecule has 0 N–H and O–H groups in total. The maximum Gasteiger partial charge on any atom is 0.225 e. The zero-order valence-electron chi connectivity index (χ0n) is 10.9. The van der Waals surface area contributed by atoms with E-state index >= 15 is 0 Å². The third-order valence-corrected chi connectivity index (χ3v) is 2.45. The molecule has 0 saturated heterocycles. The lowest BCUT2D eigenvalue weighted by atomic mass is 10.3. The van der Waals surface area contributed by atoms with Gasteiger partial charge in [0.1, 0.15) is 0 Å². The van der Waals surface area contributed by atoms with Gasteiger partial charge in [-0.05, 0) is 40.9 Å². The van der Waals surface area contributed by atoms with Crippen molar-refractivity contribution in [3.63, 3.8) is 0 Å². The lowest BCUT2D eigenvalue weighted by Gasteiger charge is -2.28. The van der Waals surface area contributed by atoms with Gasteiger partial charge in [-0.3, -0.25) is 0 Å². The Balaban J connectivity index is 2.77. The van der Waals surface area contributed by atoms with Crippen LogP contribution in [0.2, 0.25) is 0 Å². The summed E-state index contributed by atoms with van der Waals surface area (Å²) in [5.41, 5.74) is 1.01.